The molecule has 0 spiro atoms. The summed E-state index contributed by atoms with van der Waals surface area (Å²) in [6.07, 6.45) is 0. The molecule has 3 rings (SSSR count). The second-order valence-corrected chi connectivity index (χ2v) is 6.32. The maximum Gasteiger partial charge on any atom is 0.162 e. The summed E-state index contributed by atoms with van der Waals surface area (Å²) >= 11 is 12.8. The fraction of sp³-hybridized carbons (Fsp3) is 0.250. The Hall–Kier alpha value is -2.37. The molecule has 7 heteroatoms. The number of hydrogen-bond acceptors (Lipinski definition) is 5. The predicted molar refractivity (Wildman–Crippen MR) is 108 cm³/mol. The van der Waals surface area contributed by atoms with E-state index in [-0.39, 0.29) is 5.88 Å². The second-order valence-electron chi connectivity index (χ2n) is 5.68. The van der Waals surface area contributed by atoms with Crippen LogP contribution in [0.25, 0.3) is 22.0 Å². The number of nitrogens with zero attached hydrogens (tertiary/aromatic N) is 1. The van der Waals surface area contributed by atoms with E-state index in [1.165, 1.54) is 0 Å². The molecule has 0 amide bonds. The maximum absolute atomic E-state index is 6.67. The predicted octanol–water partition coefficient (Wildman–Crippen LogP) is 5.33. The molecule has 1 aromatic heterocycles. The second kappa shape index (κ2) is 8.11. The number of ether oxygens (including phenoxy) is 4. The average Bonchev–Trinajstić information content (AvgIpc) is 2.71. The minimum atomic E-state index is 0.184. The fourth-order valence-electron chi connectivity index (χ4n) is 2.98. The van der Waals surface area contributed by atoms with Crippen LogP contribution in [-0.2, 0) is 5.88 Å². The number of halogens is 2. The maximum atomic E-state index is 6.67. The molecular weight excluding hydrogens is 389 g/mol. The van der Waals surface area contributed by atoms with Crippen molar-refractivity contribution >= 4 is 34.1 Å². The molecule has 0 aliphatic carbocycles. The lowest BCUT2D eigenvalue weighted by Crippen LogP contribution is -1.97. The van der Waals surface area contributed by atoms with Gasteiger partial charge in [-0.1, -0.05) is 17.7 Å². The molecule has 0 atom stereocenters. The summed E-state index contributed by atoms with van der Waals surface area (Å²) in [6.45, 7) is 0. The molecule has 0 fully saturated rings. The third-order valence-corrected chi connectivity index (χ3v) is 4.96. The van der Waals surface area contributed by atoms with Gasteiger partial charge in [-0.2, -0.15) is 0 Å². The zero-order valence-corrected chi connectivity index (χ0v) is 16.9. The van der Waals surface area contributed by atoms with Gasteiger partial charge in [-0.25, -0.2) is 4.98 Å². The highest BCUT2D eigenvalue weighted by atomic mass is 35.5. The van der Waals surface area contributed by atoms with Gasteiger partial charge in [0.1, 0.15) is 0 Å². The van der Waals surface area contributed by atoms with Crippen molar-refractivity contribution in [1.82, 2.24) is 4.98 Å². The zero-order chi connectivity index (χ0) is 19.6. The molecule has 0 unspecified atom stereocenters. The van der Waals surface area contributed by atoms with Crippen LogP contribution in [-0.4, -0.2) is 33.4 Å². The highest BCUT2D eigenvalue weighted by molar-refractivity contribution is 6.36. The first-order valence-electron chi connectivity index (χ1n) is 8.10. The normalized spacial score (nSPS) is 10.7. The summed E-state index contributed by atoms with van der Waals surface area (Å²) in [5, 5.41) is 1.30. The van der Waals surface area contributed by atoms with Crippen molar-refractivity contribution in [3.63, 3.8) is 0 Å². The lowest BCUT2D eigenvalue weighted by Gasteiger charge is -2.16. The first kappa shape index (κ1) is 19.4. The Morgan fingerprint density at radius 3 is 2.00 bits per heavy atom. The molecule has 142 valence electrons. The Labute approximate surface area is 167 Å². The molecule has 1 heterocycles. The van der Waals surface area contributed by atoms with Gasteiger partial charge in [-0.3, -0.25) is 0 Å². The zero-order valence-electron chi connectivity index (χ0n) is 15.4. The van der Waals surface area contributed by atoms with Gasteiger partial charge < -0.3 is 18.9 Å². The topological polar surface area (TPSA) is 49.8 Å². The number of aromatic nitrogens is 1. The Bertz CT molecular complexity index is 992. The van der Waals surface area contributed by atoms with Crippen LogP contribution < -0.4 is 18.9 Å². The van der Waals surface area contributed by atoms with Crippen molar-refractivity contribution in [3.05, 3.63) is 41.0 Å². The highest BCUT2D eigenvalue weighted by Gasteiger charge is 2.19. The van der Waals surface area contributed by atoms with Crippen LogP contribution >= 0.6 is 23.2 Å². The minimum absolute atomic E-state index is 0.184. The van der Waals surface area contributed by atoms with E-state index in [4.69, 9.17) is 42.1 Å². The third kappa shape index (κ3) is 3.45. The molecule has 0 aliphatic rings. The molecule has 2 aromatic carbocycles. The Balaban J connectivity index is 2.38. The first-order valence-corrected chi connectivity index (χ1v) is 9.01. The quantitative estimate of drug-likeness (QED) is 0.516. The molecule has 0 radical (unpaired) electrons. The summed E-state index contributed by atoms with van der Waals surface area (Å²) in [6, 6.07) is 9.28. The largest absolute Gasteiger partial charge is 0.493 e. The molecule has 27 heavy (non-hydrogen) atoms. The van der Waals surface area contributed by atoms with E-state index in [0.29, 0.717) is 39.2 Å². The van der Waals surface area contributed by atoms with Gasteiger partial charge in [0.05, 0.1) is 50.6 Å². The first-order chi connectivity index (χ1) is 13.1. The molecule has 3 aromatic rings. The smallest absolute Gasteiger partial charge is 0.162 e. The van der Waals surface area contributed by atoms with Crippen molar-refractivity contribution in [2.75, 3.05) is 28.4 Å². The molecule has 0 N–H and O–H groups in total. The number of benzene rings is 2. The number of methoxy groups -OCH3 is 4. The average molecular weight is 408 g/mol. The van der Waals surface area contributed by atoms with E-state index < -0.39 is 0 Å². The van der Waals surface area contributed by atoms with Gasteiger partial charge in [-0.15, -0.1) is 11.6 Å². The summed E-state index contributed by atoms with van der Waals surface area (Å²) in [5.74, 6) is 2.59. The van der Waals surface area contributed by atoms with Gasteiger partial charge in [-0.05, 0) is 23.8 Å². The van der Waals surface area contributed by atoms with Crippen LogP contribution in [0, 0.1) is 0 Å². The number of alkyl halides is 1. The lowest BCUT2D eigenvalue weighted by atomic mass is 9.99. The van der Waals surface area contributed by atoms with Gasteiger partial charge in [0.15, 0.2) is 23.0 Å². The number of hydrogen-bond donors (Lipinski definition) is 0. The minimum Gasteiger partial charge on any atom is -0.493 e. The van der Waals surface area contributed by atoms with Crippen molar-refractivity contribution in [2.45, 2.75) is 5.88 Å². The van der Waals surface area contributed by atoms with Crippen LogP contribution in [0.4, 0.5) is 0 Å². The number of pyridine rings is 1. The number of rotatable bonds is 6. The van der Waals surface area contributed by atoms with Gasteiger partial charge >= 0.3 is 0 Å². The number of fused-ring (bicyclic) bond motifs is 1. The Morgan fingerprint density at radius 2 is 1.41 bits per heavy atom. The summed E-state index contributed by atoms with van der Waals surface area (Å²) in [7, 11) is 6.35. The fourth-order valence-corrected chi connectivity index (χ4v) is 3.56. The van der Waals surface area contributed by atoms with Crippen molar-refractivity contribution < 1.29 is 18.9 Å². The van der Waals surface area contributed by atoms with Crippen LogP contribution in [0.15, 0.2) is 30.3 Å². The van der Waals surface area contributed by atoms with Gasteiger partial charge in [0, 0.05) is 17.0 Å². The van der Waals surface area contributed by atoms with Crippen molar-refractivity contribution in [1.29, 1.82) is 0 Å². The van der Waals surface area contributed by atoms with Crippen LogP contribution in [0.5, 0.6) is 23.0 Å². The molecule has 5 nitrogen and oxygen atoms in total. The molecular formula is C20H19Cl2NO4. The third-order valence-electron chi connectivity index (χ3n) is 4.30. The van der Waals surface area contributed by atoms with E-state index in [0.717, 1.165) is 16.5 Å². The van der Waals surface area contributed by atoms with Crippen LogP contribution in [0.3, 0.4) is 0 Å². The Morgan fingerprint density at radius 1 is 0.815 bits per heavy atom. The molecule has 0 aliphatic heterocycles. The van der Waals surface area contributed by atoms with Crippen molar-refractivity contribution in [2.24, 2.45) is 0 Å². The van der Waals surface area contributed by atoms with Crippen LogP contribution in [0.1, 0.15) is 5.69 Å². The SMILES string of the molecule is COc1ccc(-c2c(Cl)c(CCl)nc3cc(OC)c(OC)cc23)cc1OC. The van der Waals surface area contributed by atoms with Gasteiger partial charge in [0.2, 0.25) is 0 Å². The van der Waals surface area contributed by atoms with Crippen LogP contribution in [0.2, 0.25) is 5.02 Å². The van der Waals surface area contributed by atoms with E-state index in [9.17, 15) is 0 Å². The summed E-state index contributed by atoms with van der Waals surface area (Å²) < 4.78 is 21.6. The van der Waals surface area contributed by atoms with E-state index in [1.54, 1.807) is 28.4 Å². The van der Waals surface area contributed by atoms with Crippen molar-refractivity contribution in [3.8, 4) is 34.1 Å². The molecule has 0 saturated heterocycles. The van der Waals surface area contributed by atoms with E-state index in [1.807, 2.05) is 30.3 Å². The lowest BCUT2D eigenvalue weighted by molar-refractivity contribution is 0.355. The Kier molecular flexibility index (Phi) is 5.82. The molecule has 0 bridgehead atoms. The standard InChI is InChI=1S/C20H19Cl2NO4/c1-24-15-6-5-11(7-16(15)25-2)19-12-8-17(26-3)18(27-4)9-13(12)23-14(10-21)20(19)22/h5-9H,10H2,1-4H3. The van der Waals surface area contributed by atoms with E-state index >= 15 is 0 Å². The summed E-state index contributed by atoms with van der Waals surface area (Å²) in [4.78, 5) is 4.58. The monoisotopic (exact) mass is 407 g/mol. The summed E-state index contributed by atoms with van der Waals surface area (Å²) in [5.41, 5.74) is 2.93. The highest BCUT2D eigenvalue weighted by Crippen LogP contribution is 2.43. The van der Waals surface area contributed by atoms with Gasteiger partial charge in [0.25, 0.3) is 0 Å². The molecule has 0 saturated carbocycles. The van der Waals surface area contributed by atoms with E-state index in [2.05, 4.69) is 4.98 Å².